The fourth-order valence-corrected chi connectivity index (χ4v) is 2.32. The molecule has 0 aliphatic rings. The Bertz CT molecular complexity index is 450. The summed E-state index contributed by atoms with van der Waals surface area (Å²) in [5.41, 5.74) is 3.94. The number of hydrogen-bond donors (Lipinski definition) is 2. The summed E-state index contributed by atoms with van der Waals surface area (Å²) >= 11 is 0. The van der Waals surface area contributed by atoms with E-state index in [1.54, 1.807) is 0 Å². The monoisotopic (exact) mass is 290 g/mol. The SMILES string of the molecule is CCN(CC)CCNC(=NC)NCc1ccc(C)cc1C. The number of likely N-dealkylation sites (N-methyl/N-ethyl adjacent to an activating group) is 1. The molecule has 0 heterocycles. The molecular formula is C17H30N4. The maximum atomic E-state index is 4.27. The molecule has 4 nitrogen and oxygen atoms in total. The van der Waals surface area contributed by atoms with Crippen molar-refractivity contribution in [1.82, 2.24) is 15.5 Å². The number of hydrogen-bond acceptors (Lipinski definition) is 2. The molecule has 0 atom stereocenters. The van der Waals surface area contributed by atoms with E-state index in [0.717, 1.165) is 38.7 Å². The van der Waals surface area contributed by atoms with Crippen LogP contribution in [0.5, 0.6) is 0 Å². The highest BCUT2D eigenvalue weighted by molar-refractivity contribution is 5.79. The standard InChI is InChI=1S/C17H30N4/c1-6-21(7-2)11-10-19-17(18-5)20-13-16-9-8-14(3)12-15(16)4/h8-9,12H,6-7,10-11,13H2,1-5H3,(H2,18,19,20). The molecule has 118 valence electrons. The van der Waals surface area contributed by atoms with Crippen molar-refractivity contribution in [3.8, 4) is 0 Å². The van der Waals surface area contributed by atoms with Gasteiger partial charge in [0.05, 0.1) is 0 Å². The van der Waals surface area contributed by atoms with Crippen LogP contribution in [-0.4, -0.2) is 44.1 Å². The number of aliphatic imine (C=N–C) groups is 1. The van der Waals surface area contributed by atoms with E-state index in [0.29, 0.717) is 0 Å². The van der Waals surface area contributed by atoms with Crippen LogP contribution in [0, 0.1) is 13.8 Å². The van der Waals surface area contributed by atoms with Crippen LogP contribution in [0.1, 0.15) is 30.5 Å². The van der Waals surface area contributed by atoms with Crippen molar-refractivity contribution in [2.24, 2.45) is 4.99 Å². The lowest BCUT2D eigenvalue weighted by atomic mass is 10.1. The highest BCUT2D eigenvalue weighted by Crippen LogP contribution is 2.09. The van der Waals surface area contributed by atoms with Crippen LogP contribution >= 0.6 is 0 Å². The van der Waals surface area contributed by atoms with Crippen molar-refractivity contribution < 1.29 is 0 Å². The summed E-state index contributed by atoms with van der Waals surface area (Å²) in [6.45, 7) is 13.6. The molecule has 2 N–H and O–H groups in total. The molecule has 0 spiro atoms. The Morgan fingerprint density at radius 2 is 1.86 bits per heavy atom. The lowest BCUT2D eigenvalue weighted by Crippen LogP contribution is -2.41. The highest BCUT2D eigenvalue weighted by atomic mass is 15.2. The van der Waals surface area contributed by atoms with E-state index in [4.69, 9.17) is 0 Å². The van der Waals surface area contributed by atoms with Crippen LogP contribution in [0.4, 0.5) is 0 Å². The Hall–Kier alpha value is -1.55. The van der Waals surface area contributed by atoms with E-state index in [1.807, 2.05) is 7.05 Å². The highest BCUT2D eigenvalue weighted by Gasteiger charge is 2.02. The molecule has 0 unspecified atom stereocenters. The Kier molecular flexibility index (Phi) is 7.83. The van der Waals surface area contributed by atoms with Gasteiger partial charge in [-0.05, 0) is 38.1 Å². The Balaban J connectivity index is 2.41. The van der Waals surface area contributed by atoms with Gasteiger partial charge in [0.2, 0.25) is 0 Å². The van der Waals surface area contributed by atoms with Crippen molar-refractivity contribution in [2.75, 3.05) is 33.2 Å². The minimum Gasteiger partial charge on any atom is -0.355 e. The minimum absolute atomic E-state index is 0.803. The molecule has 21 heavy (non-hydrogen) atoms. The molecule has 0 bridgehead atoms. The molecule has 0 amide bonds. The molecule has 0 saturated heterocycles. The average molecular weight is 290 g/mol. The van der Waals surface area contributed by atoms with Crippen molar-refractivity contribution in [1.29, 1.82) is 0 Å². The first-order valence-electron chi connectivity index (χ1n) is 7.83. The van der Waals surface area contributed by atoms with Gasteiger partial charge >= 0.3 is 0 Å². The second-order valence-electron chi connectivity index (χ2n) is 5.31. The number of nitrogens with one attached hydrogen (secondary N) is 2. The lowest BCUT2D eigenvalue weighted by Gasteiger charge is -2.19. The van der Waals surface area contributed by atoms with E-state index in [9.17, 15) is 0 Å². The number of aryl methyl sites for hydroxylation is 2. The number of nitrogens with zero attached hydrogens (tertiary/aromatic N) is 2. The maximum absolute atomic E-state index is 4.27. The zero-order chi connectivity index (χ0) is 15.7. The van der Waals surface area contributed by atoms with Gasteiger partial charge in [-0.3, -0.25) is 4.99 Å². The number of rotatable bonds is 7. The Morgan fingerprint density at radius 1 is 1.14 bits per heavy atom. The third kappa shape index (κ3) is 6.17. The second-order valence-corrected chi connectivity index (χ2v) is 5.31. The molecular weight excluding hydrogens is 260 g/mol. The van der Waals surface area contributed by atoms with Crippen LogP contribution in [0.2, 0.25) is 0 Å². The van der Waals surface area contributed by atoms with Crippen LogP contribution in [0.3, 0.4) is 0 Å². The summed E-state index contributed by atoms with van der Waals surface area (Å²) in [6.07, 6.45) is 0. The molecule has 0 saturated carbocycles. The molecule has 0 aliphatic heterocycles. The fraction of sp³-hybridized carbons (Fsp3) is 0.588. The van der Waals surface area contributed by atoms with Gasteiger partial charge in [-0.1, -0.05) is 37.6 Å². The molecule has 0 aromatic heterocycles. The minimum atomic E-state index is 0.803. The van der Waals surface area contributed by atoms with Gasteiger partial charge in [0, 0.05) is 26.7 Å². The molecule has 0 aliphatic carbocycles. The predicted molar refractivity (Wildman–Crippen MR) is 91.9 cm³/mol. The summed E-state index contributed by atoms with van der Waals surface area (Å²) in [6, 6.07) is 6.55. The summed E-state index contributed by atoms with van der Waals surface area (Å²) in [7, 11) is 1.81. The van der Waals surface area contributed by atoms with Gasteiger partial charge in [-0.25, -0.2) is 0 Å². The maximum Gasteiger partial charge on any atom is 0.191 e. The summed E-state index contributed by atoms with van der Waals surface area (Å²) in [5, 5.41) is 6.74. The number of guanidine groups is 1. The molecule has 1 rings (SSSR count). The van der Waals surface area contributed by atoms with Gasteiger partial charge in [-0.2, -0.15) is 0 Å². The van der Waals surface area contributed by atoms with E-state index >= 15 is 0 Å². The van der Waals surface area contributed by atoms with Crippen LogP contribution in [-0.2, 0) is 6.54 Å². The first-order chi connectivity index (χ1) is 10.1. The van der Waals surface area contributed by atoms with Gasteiger partial charge in [0.15, 0.2) is 5.96 Å². The van der Waals surface area contributed by atoms with Crippen LogP contribution < -0.4 is 10.6 Å². The molecule has 1 aromatic carbocycles. The fourth-order valence-electron chi connectivity index (χ4n) is 2.32. The average Bonchev–Trinajstić information content (AvgIpc) is 2.48. The Labute approximate surface area is 129 Å². The van der Waals surface area contributed by atoms with Gasteiger partial charge in [0.25, 0.3) is 0 Å². The summed E-state index contributed by atoms with van der Waals surface area (Å²) in [5.74, 6) is 0.863. The van der Waals surface area contributed by atoms with E-state index < -0.39 is 0 Å². The predicted octanol–water partition coefficient (Wildman–Crippen LogP) is 2.31. The van der Waals surface area contributed by atoms with Gasteiger partial charge < -0.3 is 15.5 Å². The molecule has 4 heteroatoms. The first-order valence-corrected chi connectivity index (χ1v) is 7.83. The van der Waals surface area contributed by atoms with E-state index in [1.165, 1.54) is 16.7 Å². The molecule has 0 radical (unpaired) electrons. The summed E-state index contributed by atoms with van der Waals surface area (Å²) < 4.78 is 0. The lowest BCUT2D eigenvalue weighted by molar-refractivity contribution is 0.308. The van der Waals surface area contributed by atoms with Crippen molar-refractivity contribution >= 4 is 5.96 Å². The quantitative estimate of drug-likeness (QED) is 0.598. The van der Waals surface area contributed by atoms with Gasteiger partial charge in [-0.15, -0.1) is 0 Å². The largest absolute Gasteiger partial charge is 0.355 e. The molecule has 1 aromatic rings. The van der Waals surface area contributed by atoms with Crippen LogP contribution in [0.25, 0.3) is 0 Å². The summed E-state index contributed by atoms with van der Waals surface area (Å²) in [4.78, 5) is 6.67. The van der Waals surface area contributed by atoms with E-state index in [2.05, 4.69) is 66.4 Å². The van der Waals surface area contributed by atoms with Crippen molar-refractivity contribution in [2.45, 2.75) is 34.2 Å². The van der Waals surface area contributed by atoms with Crippen molar-refractivity contribution in [3.05, 3.63) is 34.9 Å². The van der Waals surface area contributed by atoms with Crippen molar-refractivity contribution in [3.63, 3.8) is 0 Å². The normalized spacial score (nSPS) is 11.8. The Morgan fingerprint density at radius 3 is 2.43 bits per heavy atom. The third-order valence-electron chi connectivity index (χ3n) is 3.78. The first kappa shape index (κ1) is 17.5. The van der Waals surface area contributed by atoms with Gasteiger partial charge in [0.1, 0.15) is 0 Å². The van der Waals surface area contributed by atoms with E-state index in [-0.39, 0.29) is 0 Å². The topological polar surface area (TPSA) is 39.7 Å². The number of benzene rings is 1. The second kappa shape index (κ2) is 9.40. The van der Waals surface area contributed by atoms with Crippen LogP contribution in [0.15, 0.2) is 23.2 Å². The molecule has 0 fully saturated rings. The smallest absolute Gasteiger partial charge is 0.191 e. The zero-order valence-corrected chi connectivity index (χ0v) is 14.2. The third-order valence-corrected chi connectivity index (χ3v) is 3.78. The zero-order valence-electron chi connectivity index (χ0n) is 14.2.